The van der Waals surface area contributed by atoms with Gasteiger partial charge in [-0.3, -0.25) is 4.55 Å². The summed E-state index contributed by atoms with van der Waals surface area (Å²) in [4.78, 5) is 10.6. The van der Waals surface area contributed by atoms with Crippen molar-refractivity contribution in [1.29, 1.82) is 0 Å². The van der Waals surface area contributed by atoms with Gasteiger partial charge >= 0.3 is 5.97 Å². The Kier molecular flexibility index (Phi) is 4.96. The van der Waals surface area contributed by atoms with Crippen LogP contribution in [0.5, 0.6) is 0 Å². The van der Waals surface area contributed by atoms with Crippen molar-refractivity contribution < 1.29 is 22.5 Å². The van der Waals surface area contributed by atoms with Crippen LogP contribution in [0.1, 0.15) is 20.3 Å². The van der Waals surface area contributed by atoms with E-state index in [4.69, 9.17) is 4.55 Å². The number of carbonyl (C=O) groups excluding carboxylic acids is 1. The summed E-state index contributed by atoms with van der Waals surface area (Å²) in [5, 5.41) is 0. The van der Waals surface area contributed by atoms with E-state index in [1.165, 1.54) is 20.3 Å². The number of carbonyl (C=O) groups is 1. The van der Waals surface area contributed by atoms with Crippen molar-refractivity contribution in [3.63, 3.8) is 0 Å². The van der Waals surface area contributed by atoms with Crippen molar-refractivity contribution in [2.24, 2.45) is 0 Å². The maximum absolute atomic E-state index is 10.8. The number of esters is 1. The maximum atomic E-state index is 10.8. The normalized spacial score (nSPS) is 12.2. The van der Waals surface area contributed by atoms with Crippen LogP contribution in [-0.4, -0.2) is 30.3 Å². The molecular weight excluding hydrogens is 220 g/mol. The molecule has 0 aromatic rings. The standard InChI is InChI=1S/C9H15O5S/c1-4-8(10)14-7-5-6-9(2,3)15(11,12)13/h4,6H,1,5,7H2,2-3H3,(H,11,12,13). The van der Waals surface area contributed by atoms with Gasteiger partial charge in [0.05, 0.1) is 11.4 Å². The van der Waals surface area contributed by atoms with Gasteiger partial charge in [0.2, 0.25) is 0 Å². The summed E-state index contributed by atoms with van der Waals surface area (Å²) in [5.74, 6) is -0.562. The molecule has 0 unspecified atom stereocenters. The molecule has 0 fully saturated rings. The zero-order valence-corrected chi connectivity index (χ0v) is 9.58. The zero-order chi connectivity index (χ0) is 12.1. The van der Waals surface area contributed by atoms with Gasteiger partial charge in [0.15, 0.2) is 0 Å². The lowest BCUT2D eigenvalue weighted by Crippen LogP contribution is -2.32. The second kappa shape index (κ2) is 5.27. The van der Waals surface area contributed by atoms with Crippen molar-refractivity contribution in [3.8, 4) is 0 Å². The minimum Gasteiger partial charge on any atom is -0.463 e. The van der Waals surface area contributed by atoms with Gasteiger partial charge in [-0.2, -0.15) is 8.42 Å². The predicted molar refractivity (Wildman–Crippen MR) is 55.7 cm³/mol. The number of hydrogen-bond acceptors (Lipinski definition) is 4. The van der Waals surface area contributed by atoms with Crippen LogP contribution in [0.2, 0.25) is 0 Å². The second-order valence-corrected chi connectivity index (χ2v) is 5.45. The first-order valence-electron chi connectivity index (χ1n) is 4.31. The lowest BCUT2D eigenvalue weighted by Gasteiger charge is -2.19. The van der Waals surface area contributed by atoms with Gasteiger partial charge in [0.25, 0.3) is 10.1 Å². The molecule has 0 amide bonds. The van der Waals surface area contributed by atoms with Crippen molar-refractivity contribution in [1.82, 2.24) is 0 Å². The molecule has 0 aliphatic heterocycles. The van der Waals surface area contributed by atoms with Crippen LogP contribution in [0.3, 0.4) is 0 Å². The third-order valence-electron chi connectivity index (χ3n) is 1.83. The Hall–Kier alpha value is -0.880. The van der Waals surface area contributed by atoms with Crippen molar-refractivity contribution in [2.45, 2.75) is 25.0 Å². The molecule has 1 N–H and O–H groups in total. The molecule has 0 aliphatic rings. The minimum atomic E-state index is -4.12. The van der Waals surface area contributed by atoms with E-state index < -0.39 is 20.8 Å². The summed E-state index contributed by atoms with van der Waals surface area (Å²) in [5.41, 5.74) is 0. The van der Waals surface area contributed by atoms with Crippen LogP contribution in [0.4, 0.5) is 0 Å². The Labute approximate surface area is 89.9 Å². The molecule has 1 radical (unpaired) electrons. The van der Waals surface area contributed by atoms with Gasteiger partial charge in [0.1, 0.15) is 0 Å². The first-order valence-corrected chi connectivity index (χ1v) is 5.75. The number of hydrogen-bond donors (Lipinski definition) is 1. The molecule has 0 aromatic heterocycles. The number of ether oxygens (including phenoxy) is 1. The molecule has 0 saturated heterocycles. The molecule has 0 aromatic carbocycles. The third-order valence-corrected chi connectivity index (χ3v) is 3.33. The fourth-order valence-electron chi connectivity index (χ4n) is 0.730. The molecule has 0 heterocycles. The molecule has 6 heteroatoms. The molecule has 0 saturated carbocycles. The van der Waals surface area contributed by atoms with Gasteiger partial charge in [-0.15, -0.1) is 0 Å². The van der Waals surface area contributed by atoms with Crippen LogP contribution >= 0.6 is 0 Å². The van der Waals surface area contributed by atoms with E-state index in [1.54, 1.807) is 0 Å². The van der Waals surface area contributed by atoms with Crippen molar-refractivity contribution in [2.75, 3.05) is 6.61 Å². The van der Waals surface area contributed by atoms with E-state index in [2.05, 4.69) is 11.3 Å². The quantitative estimate of drug-likeness (QED) is 0.321. The monoisotopic (exact) mass is 235 g/mol. The molecule has 5 nitrogen and oxygen atoms in total. The van der Waals surface area contributed by atoms with E-state index in [-0.39, 0.29) is 13.0 Å². The molecular formula is C9H15O5S. The molecule has 0 atom stereocenters. The fraction of sp³-hybridized carbons (Fsp3) is 0.556. The van der Waals surface area contributed by atoms with E-state index >= 15 is 0 Å². The first-order chi connectivity index (χ1) is 6.70. The van der Waals surface area contributed by atoms with Gasteiger partial charge in [0, 0.05) is 6.08 Å². The Morgan fingerprint density at radius 2 is 2.07 bits per heavy atom. The molecule has 15 heavy (non-hydrogen) atoms. The Morgan fingerprint density at radius 1 is 1.53 bits per heavy atom. The van der Waals surface area contributed by atoms with Gasteiger partial charge in [-0.25, -0.2) is 4.79 Å². The van der Waals surface area contributed by atoms with Gasteiger partial charge in [-0.1, -0.05) is 6.58 Å². The Balaban J connectivity index is 3.97. The smallest absolute Gasteiger partial charge is 0.330 e. The van der Waals surface area contributed by atoms with E-state index in [9.17, 15) is 13.2 Å². The van der Waals surface area contributed by atoms with Crippen LogP contribution < -0.4 is 0 Å². The molecule has 0 bridgehead atoms. The second-order valence-electron chi connectivity index (χ2n) is 3.44. The molecule has 0 spiro atoms. The van der Waals surface area contributed by atoms with Crippen molar-refractivity contribution >= 4 is 16.1 Å². The average Bonchev–Trinajstić information content (AvgIpc) is 2.10. The lowest BCUT2D eigenvalue weighted by molar-refractivity contribution is -0.137. The number of rotatable bonds is 6. The topological polar surface area (TPSA) is 80.7 Å². The highest BCUT2D eigenvalue weighted by molar-refractivity contribution is 7.87. The van der Waals surface area contributed by atoms with Crippen LogP contribution in [0, 0.1) is 6.42 Å². The minimum absolute atomic E-state index is 0.0593. The SMILES string of the molecule is C=CC(=O)OCC[CH]C(C)(C)S(=O)(=O)O. The summed E-state index contributed by atoms with van der Waals surface area (Å²) >= 11 is 0. The summed E-state index contributed by atoms with van der Waals surface area (Å²) in [7, 11) is -4.12. The van der Waals surface area contributed by atoms with Crippen LogP contribution in [0.15, 0.2) is 12.7 Å². The molecule has 0 aliphatic carbocycles. The highest BCUT2D eigenvalue weighted by Crippen LogP contribution is 2.19. The lowest BCUT2D eigenvalue weighted by atomic mass is 10.1. The summed E-state index contributed by atoms with van der Waals surface area (Å²) in [6, 6.07) is 0. The fourth-order valence-corrected chi connectivity index (χ4v) is 1.06. The predicted octanol–water partition coefficient (Wildman–Crippen LogP) is 0.976. The third kappa shape index (κ3) is 4.94. The van der Waals surface area contributed by atoms with Gasteiger partial charge in [-0.05, 0) is 26.7 Å². The van der Waals surface area contributed by atoms with Crippen LogP contribution in [-0.2, 0) is 19.6 Å². The largest absolute Gasteiger partial charge is 0.463 e. The van der Waals surface area contributed by atoms with Crippen LogP contribution in [0.25, 0.3) is 0 Å². The Morgan fingerprint density at radius 3 is 2.47 bits per heavy atom. The summed E-state index contributed by atoms with van der Waals surface area (Å²) in [6.45, 7) is 5.98. The summed E-state index contributed by atoms with van der Waals surface area (Å²) in [6.07, 6.45) is 2.64. The van der Waals surface area contributed by atoms with E-state index in [1.807, 2.05) is 0 Å². The highest BCUT2D eigenvalue weighted by Gasteiger charge is 2.32. The molecule has 0 rings (SSSR count). The summed E-state index contributed by atoms with van der Waals surface area (Å²) < 4.78 is 33.8. The Bertz CT molecular complexity index is 328. The average molecular weight is 235 g/mol. The first kappa shape index (κ1) is 14.1. The van der Waals surface area contributed by atoms with Crippen molar-refractivity contribution in [3.05, 3.63) is 19.1 Å². The maximum Gasteiger partial charge on any atom is 0.330 e. The van der Waals surface area contributed by atoms with E-state index in [0.29, 0.717) is 0 Å². The molecule has 87 valence electrons. The zero-order valence-electron chi connectivity index (χ0n) is 8.76. The highest BCUT2D eigenvalue weighted by atomic mass is 32.2. The van der Waals surface area contributed by atoms with E-state index in [0.717, 1.165) is 6.08 Å². The van der Waals surface area contributed by atoms with Gasteiger partial charge < -0.3 is 4.74 Å².